The molecule has 1 aliphatic heterocycles. The molecule has 7 nitrogen and oxygen atoms in total. The summed E-state index contributed by atoms with van der Waals surface area (Å²) >= 11 is 0. The predicted octanol–water partition coefficient (Wildman–Crippen LogP) is 3.42. The lowest BCUT2D eigenvalue weighted by molar-refractivity contribution is -0.274. The van der Waals surface area contributed by atoms with E-state index in [0.717, 1.165) is 12.1 Å². The quantitative estimate of drug-likeness (QED) is 0.718. The van der Waals surface area contributed by atoms with E-state index in [4.69, 9.17) is 9.47 Å². The molecule has 0 fully saturated rings. The first-order valence-electron chi connectivity index (χ1n) is 8.81. The molecule has 0 radical (unpaired) electrons. The van der Waals surface area contributed by atoms with E-state index >= 15 is 0 Å². The van der Waals surface area contributed by atoms with Gasteiger partial charge in [0.1, 0.15) is 5.75 Å². The summed E-state index contributed by atoms with van der Waals surface area (Å²) in [5, 5.41) is 3.98. The molecule has 1 atom stereocenters. The highest BCUT2D eigenvalue weighted by molar-refractivity contribution is 6.40. The van der Waals surface area contributed by atoms with Gasteiger partial charge in [-0.1, -0.05) is 12.1 Å². The van der Waals surface area contributed by atoms with Crippen LogP contribution in [0.3, 0.4) is 0 Å². The third kappa shape index (κ3) is 5.72. The maximum absolute atomic E-state index is 12.6. The van der Waals surface area contributed by atoms with Crippen molar-refractivity contribution in [2.45, 2.75) is 46.1 Å². The second kappa shape index (κ2) is 8.97. The number of hydrogen-bond donors (Lipinski definition) is 1. The van der Waals surface area contributed by atoms with Crippen LogP contribution in [0.15, 0.2) is 40.6 Å². The van der Waals surface area contributed by atoms with Crippen LogP contribution in [0.1, 0.15) is 39.2 Å². The second-order valence-corrected chi connectivity index (χ2v) is 6.38. The Morgan fingerprint density at radius 1 is 1.24 bits per heavy atom. The van der Waals surface area contributed by atoms with Gasteiger partial charge >= 0.3 is 18.3 Å². The van der Waals surface area contributed by atoms with Crippen LogP contribution in [0.25, 0.3) is 0 Å². The minimum atomic E-state index is -4.89. The Morgan fingerprint density at radius 2 is 1.93 bits per heavy atom. The van der Waals surface area contributed by atoms with E-state index in [1.54, 1.807) is 27.7 Å². The van der Waals surface area contributed by atoms with Crippen LogP contribution in [0, 0.1) is 0 Å². The largest absolute Gasteiger partial charge is 0.573 e. The van der Waals surface area contributed by atoms with Crippen molar-refractivity contribution in [1.29, 1.82) is 0 Å². The topological polar surface area (TPSA) is 86.2 Å². The molecular weight excluding hydrogens is 393 g/mol. The van der Waals surface area contributed by atoms with Crippen molar-refractivity contribution in [2.75, 3.05) is 6.61 Å². The number of esters is 2. The first-order chi connectivity index (χ1) is 13.5. The fourth-order valence-electron chi connectivity index (χ4n) is 2.76. The van der Waals surface area contributed by atoms with Gasteiger partial charge in [-0.3, -0.25) is 5.43 Å². The molecule has 0 aromatic heterocycles. The van der Waals surface area contributed by atoms with Crippen molar-refractivity contribution in [2.24, 2.45) is 5.10 Å². The van der Waals surface area contributed by atoms with Gasteiger partial charge in [-0.25, -0.2) is 9.59 Å². The summed E-state index contributed by atoms with van der Waals surface area (Å²) in [6.45, 7) is 6.49. The van der Waals surface area contributed by atoms with E-state index in [0.29, 0.717) is 5.70 Å². The van der Waals surface area contributed by atoms with E-state index < -0.39 is 36.1 Å². The normalized spacial score (nSPS) is 16.8. The number of nitrogens with one attached hydrogen (secondary N) is 1. The first-order valence-corrected chi connectivity index (χ1v) is 8.81. The second-order valence-electron chi connectivity index (χ2n) is 6.38. The number of allylic oxidation sites excluding steroid dienone is 1. The fourth-order valence-corrected chi connectivity index (χ4v) is 2.76. The standard InChI is InChI=1S/C19H21F3N2O5/c1-5-27-17(25)14-11(4)23-24-16(18(26)28-10(2)3)15(14)12-7-6-8-13(9-12)29-19(20,21)22/h6-10,15,23H,5H2,1-4H3. The highest BCUT2D eigenvalue weighted by atomic mass is 19.4. The van der Waals surface area contributed by atoms with E-state index in [1.165, 1.54) is 12.1 Å². The van der Waals surface area contributed by atoms with Gasteiger partial charge in [0.25, 0.3) is 0 Å². The Balaban J connectivity index is 2.55. The average molecular weight is 414 g/mol. The minimum absolute atomic E-state index is 0.0433. The van der Waals surface area contributed by atoms with Crippen molar-refractivity contribution in [3.63, 3.8) is 0 Å². The molecule has 29 heavy (non-hydrogen) atoms. The van der Waals surface area contributed by atoms with Crippen molar-refractivity contribution in [1.82, 2.24) is 5.43 Å². The Morgan fingerprint density at radius 3 is 2.52 bits per heavy atom. The zero-order valence-electron chi connectivity index (χ0n) is 16.3. The SMILES string of the molecule is CCOC(=O)C1=C(C)NN=C(C(=O)OC(C)C)C1c1cccc(OC(F)(F)F)c1. The molecule has 1 unspecified atom stereocenters. The van der Waals surface area contributed by atoms with Gasteiger partial charge < -0.3 is 14.2 Å². The lowest BCUT2D eigenvalue weighted by Crippen LogP contribution is -2.36. The average Bonchev–Trinajstić information content (AvgIpc) is 2.59. The molecule has 0 saturated heterocycles. The molecule has 0 bridgehead atoms. The summed E-state index contributed by atoms with van der Waals surface area (Å²) in [5.74, 6) is -3.13. The fraction of sp³-hybridized carbons (Fsp3) is 0.421. The number of halogens is 3. The summed E-state index contributed by atoms with van der Waals surface area (Å²) in [6, 6.07) is 4.99. The molecule has 10 heteroatoms. The zero-order valence-corrected chi connectivity index (χ0v) is 16.3. The predicted molar refractivity (Wildman–Crippen MR) is 97.0 cm³/mol. The van der Waals surface area contributed by atoms with Crippen LogP contribution in [-0.2, 0) is 19.1 Å². The minimum Gasteiger partial charge on any atom is -0.463 e. The maximum Gasteiger partial charge on any atom is 0.573 e. The van der Waals surface area contributed by atoms with Gasteiger partial charge in [-0.2, -0.15) is 5.10 Å². The molecule has 2 rings (SSSR count). The Kier molecular flexibility index (Phi) is 6.89. The number of carbonyl (C=O) groups excluding carboxylic acids is 2. The monoisotopic (exact) mass is 414 g/mol. The zero-order chi connectivity index (χ0) is 21.8. The highest BCUT2D eigenvalue weighted by Gasteiger charge is 2.38. The molecule has 1 aliphatic rings. The molecule has 1 N–H and O–H groups in total. The molecule has 0 saturated carbocycles. The maximum atomic E-state index is 12.6. The van der Waals surface area contributed by atoms with E-state index in [9.17, 15) is 22.8 Å². The summed E-state index contributed by atoms with van der Waals surface area (Å²) in [6.07, 6.45) is -5.36. The lowest BCUT2D eigenvalue weighted by atomic mass is 9.84. The van der Waals surface area contributed by atoms with Gasteiger partial charge in [0.15, 0.2) is 5.71 Å². The van der Waals surface area contributed by atoms with Gasteiger partial charge in [-0.15, -0.1) is 13.2 Å². The van der Waals surface area contributed by atoms with Gasteiger partial charge in [-0.05, 0) is 45.4 Å². The van der Waals surface area contributed by atoms with Gasteiger partial charge in [0.2, 0.25) is 0 Å². The smallest absolute Gasteiger partial charge is 0.463 e. The Bertz CT molecular complexity index is 846. The third-order valence-electron chi connectivity index (χ3n) is 3.78. The molecule has 1 aromatic rings. The molecule has 0 aliphatic carbocycles. The Labute approximate surface area is 165 Å². The number of ether oxygens (including phenoxy) is 3. The van der Waals surface area contributed by atoms with Gasteiger partial charge in [0, 0.05) is 5.70 Å². The molecule has 1 aromatic carbocycles. The van der Waals surface area contributed by atoms with E-state index in [1.807, 2.05) is 0 Å². The molecular formula is C19H21F3N2O5. The van der Waals surface area contributed by atoms with Crippen molar-refractivity contribution >= 4 is 17.7 Å². The molecule has 0 spiro atoms. The third-order valence-corrected chi connectivity index (χ3v) is 3.78. The summed E-state index contributed by atoms with van der Waals surface area (Å²) < 4.78 is 52.1. The van der Waals surface area contributed by atoms with Crippen LogP contribution in [-0.4, -0.2) is 36.7 Å². The van der Waals surface area contributed by atoms with Crippen molar-refractivity contribution < 1.29 is 37.0 Å². The molecule has 0 amide bonds. The summed E-state index contributed by atoms with van der Waals surface area (Å²) in [4.78, 5) is 25.1. The summed E-state index contributed by atoms with van der Waals surface area (Å²) in [7, 11) is 0. The van der Waals surface area contributed by atoms with Gasteiger partial charge in [0.05, 0.1) is 24.2 Å². The van der Waals surface area contributed by atoms with Crippen LogP contribution in [0.5, 0.6) is 5.75 Å². The molecule has 1 heterocycles. The lowest BCUT2D eigenvalue weighted by Gasteiger charge is -2.27. The summed E-state index contributed by atoms with van der Waals surface area (Å²) in [5.41, 5.74) is 2.93. The van der Waals surface area contributed by atoms with E-state index in [-0.39, 0.29) is 23.5 Å². The number of benzene rings is 1. The number of carbonyl (C=O) groups is 2. The number of hydrazone groups is 1. The number of nitrogens with zero attached hydrogens (tertiary/aromatic N) is 1. The van der Waals surface area contributed by atoms with Crippen LogP contribution < -0.4 is 10.2 Å². The Hall–Kier alpha value is -3.04. The van der Waals surface area contributed by atoms with Crippen molar-refractivity contribution in [3.8, 4) is 5.75 Å². The number of rotatable bonds is 6. The number of alkyl halides is 3. The van der Waals surface area contributed by atoms with E-state index in [2.05, 4.69) is 15.3 Å². The highest BCUT2D eigenvalue weighted by Crippen LogP contribution is 2.34. The molecule has 158 valence electrons. The van der Waals surface area contributed by atoms with Crippen LogP contribution in [0.2, 0.25) is 0 Å². The first kappa shape index (κ1) is 22.3. The van der Waals surface area contributed by atoms with Crippen molar-refractivity contribution in [3.05, 3.63) is 41.1 Å². The number of hydrogen-bond acceptors (Lipinski definition) is 7. The van der Waals surface area contributed by atoms with Crippen LogP contribution in [0.4, 0.5) is 13.2 Å². The van der Waals surface area contributed by atoms with Crippen LogP contribution >= 0.6 is 0 Å².